The standard InChI is InChI=1S/C17H14ClNO3/c18-15-5-1-13(2-6-15)11-17(20)22-10-9-21-16-7-3-14(12-19)4-8-16/h1-8H,9-11H2. The van der Waals surface area contributed by atoms with Crippen molar-refractivity contribution in [1.29, 1.82) is 5.26 Å². The van der Waals surface area contributed by atoms with E-state index in [0.29, 0.717) is 16.3 Å². The number of benzene rings is 2. The van der Waals surface area contributed by atoms with Gasteiger partial charge in [-0.05, 0) is 42.0 Å². The Hall–Kier alpha value is -2.51. The number of rotatable bonds is 6. The summed E-state index contributed by atoms with van der Waals surface area (Å²) in [5.74, 6) is 0.318. The number of hydrogen-bond acceptors (Lipinski definition) is 4. The molecule has 2 rings (SSSR count). The highest BCUT2D eigenvalue weighted by atomic mass is 35.5. The summed E-state index contributed by atoms with van der Waals surface area (Å²) in [6.45, 7) is 0.435. The molecule has 0 spiro atoms. The van der Waals surface area contributed by atoms with Crippen molar-refractivity contribution in [2.45, 2.75) is 6.42 Å². The molecule has 0 saturated heterocycles. The van der Waals surface area contributed by atoms with Crippen LogP contribution in [0.2, 0.25) is 5.02 Å². The molecule has 4 nitrogen and oxygen atoms in total. The molecule has 112 valence electrons. The number of carbonyl (C=O) groups excluding carboxylic acids is 1. The van der Waals surface area contributed by atoms with Crippen LogP contribution in [-0.4, -0.2) is 19.2 Å². The van der Waals surface area contributed by atoms with Crippen LogP contribution in [0.25, 0.3) is 0 Å². The molecule has 0 amide bonds. The molecule has 0 fully saturated rings. The van der Waals surface area contributed by atoms with Crippen LogP contribution < -0.4 is 4.74 Å². The second-order valence-corrected chi connectivity index (χ2v) is 4.94. The highest BCUT2D eigenvalue weighted by Crippen LogP contribution is 2.12. The fourth-order valence-corrected chi connectivity index (χ4v) is 1.89. The largest absolute Gasteiger partial charge is 0.490 e. The van der Waals surface area contributed by atoms with E-state index in [1.54, 1.807) is 48.5 Å². The molecule has 0 atom stereocenters. The van der Waals surface area contributed by atoms with Crippen molar-refractivity contribution in [3.05, 3.63) is 64.7 Å². The fraction of sp³-hybridized carbons (Fsp3) is 0.176. The van der Waals surface area contributed by atoms with Gasteiger partial charge < -0.3 is 9.47 Å². The van der Waals surface area contributed by atoms with Crippen LogP contribution in [0.4, 0.5) is 0 Å². The Morgan fingerprint density at radius 3 is 2.36 bits per heavy atom. The predicted octanol–water partition coefficient (Wildman–Crippen LogP) is 3.38. The Morgan fingerprint density at radius 1 is 1.05 bits per heavy atom. The zero-order valence-corrected chi connectivity index (χ0v) is 12.5. The summed E-state index contributed by atoms with van der Waals surface area (Å²) in [6, 6.07) is 15.8. The lowest BCUT2D eigenvalue weighted by molar-refractivity contribution is -0.143. The van der Waals surface area contributed by atoms with E-state index >= 15 is 0 Å². The monoisotopic (exact) mass is 315 g/mol. The van der Waals surface area contributed by atoms with Crippen LogP contribution in [0.1, 0.15) is 11.1 Å². The Bertz CT molecular complexity index is 660. The topological polar surface area (TPSA) is 59.3 Å². The normalized spacial score (nSPS) is 9.82. The minimum absolute atomic E-state index is 0.173. The lowest BCUT2D eigenvalue weighted by Crippen LogP contribution is -2.14. The molecule has 0 bridgehead atoms. The highest BCUT2D eigenvalue weighted by Gasteiger charge is 2.05. The van der Waals surface area contributed by atoms with Crippen molar-refractivity contribution < 1.29 is 14.3 Å². The summed E-state index contributed by atoms with van der Waals surface area (Å²) in [6.07, 6.45) is 0.202. The molecule has 0 aliphatic rings. The van der Waals surface area contributed by atoms with E-state index in [4.69, 9.17) is 26.3 Å². The van der Waals surface area contributed by atoms with E-state index in [-0.39, 0.29) is 25.6 Å². The first kappa shape index (κ1) is 15.9. The number of hydrogen-bond donors (Lipinski definition) is 0. The molecule has 2 aromatic rings. The quantitative estimate of drug-likeness (QED) is 0.605. The molecule has 2 aromatic carbocycles. The van der Waals surface area contributed by atoms with Gasteiger partial charge in [-0.2, -0.15) is 5.26 Å². The molecule has 22 heavy (non-hydrogen) atoms. The van der Waals surface area contributed by atoms with Crippen molar-refractivity contribution in [1.82, 2.24) is 0 Å². The fourth-order valence-electron chi connectivity index (χ4n) is 1.76. The van der Waals surface area contributed by atoms with Gasteiger partial charge in [-0.15, -0.1) is 0 Å². The molecule has 0 aromatic heterocycles. The molecule has 0 aliphatic carbocycles. The van der Waals surface area contributed by atoms with Gasteiger partial charge in [0.25, 0.3) is 0 Å². The molecule has 0 aliphatic heterocycles. The van der Waals surface area contributed by atoms with Crippen LogP contribution in [0.5, 0.6) is 5.75 Å². The highest BCUT2D eigenvalue weighted by molar-refractivity contribution is 6.30. The second kappa shape index (κ2) is 8.06. The van der Waals surface area contributed by atoms with E-state index in [2.05, 4.69) is 0 Å². The average Bonchev–Trinajstić information content (AvgIpc) is 2.54. The lowest BCUT2D eigenvalue weighted by atomic mass is 10.2. The summed E-state index contributed by atoms with van der Waals surface area (Å²) < 4.78 is 10.5. The van der Waals surface area contributed by atoms with Gasteiger partial charge in [0.15, 0.2) is 0 Å². The van der Waals surface area contributed by atoms with Gasteiger partial charge in [-0.25, -0.2) is 0 Å². The first-order chi connectivity index (χ1) is 10.7. The summed E-state index contributed by atoms with van der Waals surface area (Å²) in [5, 5.41) is 9.32. The molecular weight excluding hydrogens is 302 g/mol. The van der Waals surface area contributed by atoms with E-state index < -0.39 is 0 Å². The molecular formula is C17H14ClNO3. The van der Waals surface area contributed by atoms with E-state index in [9.17, 15) is 4.79 Å². The van der Waals surface area contributed by atoms with Crippen molar-refractivity contribution in [3.63, 3.8) is 0 Å². The van der Waals surface area contributed by atoms with E-state index in [0.717, 1.165) is 5.56 Å². The third-order valence-corrected chi connectivity index (χ3v) is 3.11. The number of carbonyl (C=O) groups is 1. The number of nitrogens with zero attached hydrogens (tertiary/aromatic N) is 1. The van der Waals surface area contributed by atoms with Crippen LogP contribution in [0, 0.1) is 11.3 Å². The van der Waals surface area contributed by atoms with Crippen LogP contribution >= 0.6 is 11.6 Å². The van der Waals surface area contributed by atoms with Gasteiger partial charge in [-0.3, -0.25) is 4.79 Å². The van der Waals surface area contributed by atoms with Gasteiger partial charge in [-0.1, -0.05) is 23.7 Å². The summed E-state index contributed by atoms with van der Waals surface area (Å²) in [7, 11) is 0. The SMILES string of the molecule is N#Cc1ccc(OCCOC(=O)Cc2ccc(Cl)cc2)cc1. The lowest BCUT2D eigenvalue weighted by Gasteiger charge is -2.07. The third kappa shape index (κ3) is 5.12. The van der Waals surface area contributed by atoms with Crippen molar-refractivity contribution in [3.8, 4) is 11.8 Å². The van der Waals surface area contributed by atoms with Gasteiger partial charge in [0.1, 0.15) is 19.0 Å². The van der Waals surface area contributed by atoms with Crippen LogP contribution in [-0.2, 0) is 16.0 Å². The van der Waals surface area contributed by atoms with Crippen molar-refractivity contribution in [2.75, 3.05) is 13.2 Å². The molecule has 5 heteroatoms. The Balaban J connectivity index is 1.68. The summed E-state index contributed by atoms with van der Waals surface area (Å²) in [5.41, 5.74) is 1.42. The smallest absolute Gasteiger partial charge is 0.310 e. The first-order valence-electron chi connectivity index (χ1n) is 6.70. The van der Waals surface area contributed by atoms with E-state index in [1.165, 1.54) is 0 Å². The molecule has 0 heterocycles. The third-order valence-electron chi connectivity index (χ3n) is 2.86. The maximum Gasteiger partial charge on any atom is 0.310 e. The van der Waals surface area contributed by atoms with Gasteiger partial charge in [0.2, 0.25) is 0 Å². The maximum absolute atomic E-state index is 11.6. The predicted molar refractivity (Wildman–Crippen MR) is 82.8 cm³/mol. The summed E-state index contributed by atoms with van der Waals surface area (Å²) in [4.78, 5) is 11.6. The molecule has 0 unspecified atom stereocenters. The first-order valence-corrected chi connectivity index (χ1v) is 7.08. The van der Waals surface area contributed by atoms with Gasteiger partial charge in [0.05, 0.1) is 18.1 Å². The minimum Gasteiger partial charge on any atom is -0.490 e. The molecule has 0 radical (unpaired) electrons. The van der Waals surface area contributed by atoms with Crippen LogP contribution in [0.15, 0.2) is 48.5 Å². The van der Waals surface area contributed by atoms with Crippen molar-refractivity contribution >= 4 is 17.6 Å². The van der Waals surface area contributed by atoms with Crippen molar-refractivity contribution in [2.24, 2.45) is 0 Å². The number of halogens is 1. The Kier molecular flexibility index (Phi) is 5.81. The van der Waals surface area contributed by atoms with Gasteiger partial charge >= 0.3 is 5.97 Å². The molecule has 0 N–H and O–H groups in total. The Labute approximate surface area is 133 Å². The number of nitriles is 1. The van der Waals surface area contributed by atoms with E-state index in [1.807, 2.05) is 6.07 Å². The average molecular weight is 316 g/mol. The van der Waals surface area contributed by atoms with Crippen LogP contribution in [0.3, 0.4) is 0 Å². The minimum atomic E-state index is -0.314. The maximum atomic E-state index is 11.6. The number of ether oxygens (including phenoxy) is 2. The Morgan fingerprint density at radius 2 is 1.73 bits per heavy atom. The zero-order valence-electron chi connectivity index (χ0n) is 11.8. The zero-order chi connectivity index (χ0) is 15.8. The number of esters is 1. The molecule has 0 saturated carbocycles. The second-order valence-electron chi connectivity index (χ2n) is 4.51. The van der Waals surface area contributed by atoms with Gasteiger partial charge in [0, 0.05) is 5.02 Å². The summed E-state index contributed by atoms with van der Waals surface area (Å²) >= 11 is 5.78.